The van der Waals surface area contributed by atoms with E-state index in [2.05, 4.69) is 34.5 Å². The average molecular weight is 260 g/mol. The Morgan fingerprint density at radius 2 is 2.32 bits per heavy atom. The molecule has 5 nitrogen and oxygen atoms in total. The van der Waals surface area contributed by atoms with E-state index in [1.54, 1.807) is 19.8 Å². The molecule has 1 unspecified atom stereocenters. The zero-order valence-corrected chi connectivity index (χ0v) is 11.4. The van der Waals surface area contributed by atoms with Gasteiger partial charge >= 0.3 is 0 Å². The fourth-order valence-electron chi connectivity index (χ4n) is 1.98. The van der Waals surface area contributed by atoms with Crippen LogP contribution in [0.5, 0.6) is 5.75 Å². The Kier molecular flexibility index (Phi) is 4.92. The summed E-state index contributed by atoms with van der Waals surface area (Å²) in [5.74, 6) is 0.874. The van der Waals surface area contributed by atoms with Gasteiger partial charge in [-0.1, -0.05) is 19.1 Å². The summed E-state index contributed by atoms with van der Waals surface area (Å²) >= 11 is 0. The second-order valence-corrected chi connectivity index (χ2v) is 4.40. The van der Waals surface area contributed by atoms with Crippen molar-refractivity contribution >= 4 is 0 Å². The number of methoxy groups -OCH3 is 1. The molecule has 19 heavy (non-hydrogen) atoms. The predicted octanol–water partition coefficient (Wildman–Crippen LogP) is 2.03. The molecule has 1 N–H and O–H groups in total. The van der Waals surface area contributed by atoms with Gasteiger partial charge in [0, 0.05) is 0 Å². The van der Waals surface area contributed by atoms with Gasteiger partial charge < -0.3 is 10.1 Å². The molecular formula is C14H20N4O. The van der Waals surface area contributed by atoms with Gasteiger partial charge in [0.05, 0.1) is 19.7 Å². The summed E-state index contributed by atoms with van der Waals surface area (Å²) in [7, 11) is 1.69. The average Bonchev–Trinajstić information content (AvgIpc) is 2.96. The van der Waals surface area contributed by atoms with E-state index in [1.165, 1.54) is 5.56 Å². The maximum atomic E-state index is 5.28. The van der Waals surface area contributed by atoms with Crippen LogP contribution in [0.25, 0.3) is 0 Å². The number of hydrogen-bond donors (Lipinski definition) is 1. The second-order valence-electron chi connectivity index (χ2n) is 4.40. The van der Waals surface area contributed by atoms with Crippen LogP contribution in [0.2, 0.25) is 0 Å². The van der Waals surface area contributed by atoms with E-state index in [0.717, 1.165) is 25.3 Å². The van der Waals surface area contributed by atoms with Crippen LogP contribution in [0.15, 0.2) is 36.9 Å². The summed E-state index contributed by atoms with van der Waals surface area (Å²) in [5, 5.41) is 7.70. The Bertz CT molecular complexity index is 484. The molecule has 5 heteroatoms. The first kappa shape index (κ1) is 13.5. The van der Waals surface area contributed by atoms with E-state index in [9.17, 15) is 0 Å². The number of hydrogen-bond acceptors (Lipinski definition) is 4. The first-order valence-electron chi connectivity index (χ1n) is 6.53. The molecule has 2 aromatic rings. The number of aromatic nitrogens is 3. The summed E-state index contributed by atoms with van der Waals surface area (Å²) in [6, 6.07) is 8.33. The van der Waals surface area contributed by atoms with Crippen LogP contribution in [0.1, 0.15) is 24.9 Å². The van der Waals surface area contributed by atoms with E-state index in [4.69, 9.17) is 4.74 Å². The van der Waals surface area contributed by atoms with Crippen LogP contribution in [0, 0.1) is 0 Å². The maximum absolute atomic E-state index is 5.28. The van der Waals surface area contributed by atoms with Gasteiger partial charge in [0.2, 0.25) is 0 Å². The normalized spacial score (nSPS) is 12.3. The summed E-state index contributed by atoms with van der Waals surface area (Å²) < 4.78 is 7.12. The number of benzene rings is 1. The molecule has 0 bridgehead atoms. The molecule has 0 saturated carbocycles. The highest BCUT2D eigenvalue weighted by Gasteiger charge is 2.12. The van der Waals surface area contributed by atoms with Gasteiger partial charge in [-0.25, -0.2) is 4.98 Å². The highest BCUT2D eigenvalue weighted by molar-refractivity contribution is 5.30. The van der Waals surface area contributed by atoms with Crippen molar-refractivity contribution in [3.63, 3.8) is 0 Å². The molecule has 102 valence electrons. The fourth-order valence-corrected chi connectivity index (χ4v) is 1.98. The Hall–Kier alpha value is -1.88. The highest BCUT2D eigenvalue weighted by atomic mass is 16.5. The lowest BCUT2D eigenvalue weighted by Crippen LogP contribution is -2.26. The van der Waals surface area contributed by atoms with Crippen LogP contribution in [-0.4, -0.2) is 28.4 Å². The van der Waals surface area contributed by atoms with Crippen LogP contribution in [-0.2, 0) is 6.54 Å². The lowest BCUT2D eigenvalue weighted by Gasteiger charge is -2.19. The van der Waals surface area contributed by atoms with Gasteiger partial charge in [-0.05, 0) is 30.7 Å². The second kappa shape index (κ2) is 6.89. The molecule has 1 atom stereocenters. The van der Waals surface area contributed by atoms with Gasteiger partial charge in [-0.3, -0.25) is 4.68 Å². The van der Waals surface area contributed by atoms with Crippen LogP contribution < -0.4 is 10.1 Å². The molecule has 0 aliphatic rings. The zero-order valence-electron chi connectivity index (χ0n) is 11.4. The Morgan fingerprint density at radius 3 is 3.00 bits per heavy atom. The zero-order chi connectivity index (χ0) is 13.5. The van der Waals surface area contributed by atoms with Crippen molar-refractivity contribution in [3.8, 4) is 5.75 Å². The van der Waals surface area contributed by atoms with E-state index in [-0.39, 0.29) is 6.04 Å². The quantitative estimate of drug-likeness (QED) is 0.827. The minimum Gasteiger partial charge on any atom is -0.497 e. The minimum absolute atomic E-state index is 0.205. The van der Waals surface area contributed by atoms with E-state index in [0.29, 0.717) is 0 Å². The molecule has 0 spiro atoms. The summed E-state index contributed by atoms with van der Waals surface area (Å²) in [6.07, 6.45) is 4.39. The Labute approximate surface area is 113 Å². The molecule has 0 fully saturated rings. The lowest BCUT2D eigenvalue weighted by molar-refractivity contribution is 0.408. The number of ether oxygens (including phenoxy) is 1. The number of nitrogens with zero attached hydrogens (tertiary/aromatic N) is 3. The predicted molar refractivity (Wildman–Crippen MR) is 74.1 cm³/mol. The molecule has 0 saturated heterocycles. The van der Waals surface area contributed by atoms with Crippen molar-refractivity contribution in [3.05, 3.63) is 42.5 Å². The summed E-state index contributed by atoms with van der Waals surface area (Å²) in [4.78, 5) is 3.98. The van der Waals surface area contributed by atoms with Crippen molar-refractivity contribution in [2.45, 2.75) is 25.9 Å². The Morgan fingerprint density at radius 1 is 1.42 bits per heavy atom. The van der Waals surface area contributed by atoms with Gasteiger partial charge in [0.15, 0.2) is 0 Å². The van der Waals surface area contributed by atoms with Crippen LogP contribution in [0.4, 0.5) is 0 Å². The molecule has 1 aromatic heterocycles. The van der Waals surface area contributed by atoms with Crippen molar-refractivity contribution in [2.75, 3.05) is 13.7 Å². The number of nitrogens with one attached hydrogen (secondary N) is 1. The van der Waals surface area contributed by atoms with Crippen molar-refractivity contribution in [1.82, 2.24) is 20.1 Å². The minimum atomic E-state index is 0.205. The van der Waals surface area contributed by atoms with E-state index in [1.807, 2.05) is 16.8 Å². The smallest absolute Gasteiger partial charge is 0.137 e. The van der Waals surface area contributed by atoms with Crippen LogP contribution in [0.3, 0.4) is 0 Å². The monoisotopic (exact) mass is 260 g/mol. The van der Waals surface area contributed by atoms with E-state index >= 15 is 0 Å². The lowest BCUT2D eigenvalue weighted by atomic mass is 10.1. The van der Waals surface area contributed by atoms with Gasteiger partial charge in [-0.15, -0.1) is 0 Å². The summed E-state index contributed by atoms with van der Waals surface area (Å²) in [5.41, 5.74) is 1.20. The van der Waals surface area contributed by atoms with Crippen molar-refractivity contribution in [2.24, 2.45) is 0 Å². The molecular weight excluding hydrogens is 240 g/mol. The largest absolute Gasteiger partial charge is 0.497 e. The van der Waals surface area contributed by atoms with Crippen molar-refractivity contribution in [1.29, 1.82) is 0 Å². The Balaban J connectivity index is 2.15. The highest BCUT2D eigenvalue weighted by Crippen LogP contribution is 2.20. The third kappa shape index (κ3) is 3.79. The molecule has 0 aliphatic heterocycles. The van der Waals surface area contributed by atoms with Gasteiger partial charge in [0.1, 0.15) is 18.4 Å². The topological polar surface area (TPSA) is 52.0 Å². The maximum Gasteiger partial charge on any atom is 0.137 e. The van der Waals surface area contributed by atoms with Crippen LogP contribution >= 0.6 is 0 Å². The third-order valence-corrected chi connectivity index (χ3v) is 2.97. The SMILES string of the molecule is CCCNC(Cn1cncn1)c1cccc(OC)c1. The molecule has 1 heterocycles. The molecule has 0 amide bonds. The first-order valence-corrected chi connectivity index (χ1v) is 6.53. The standard InChI is InChI=1S/C14H20N4O/c1-3-7-16-14(9-18-11-15-10-17-18)12-5-4-6-13(8-12)19-2/h4-6,8,10-11,14,16H,3,7,9H2,1-2H3. The van der Waals surface area contributed by atoms with E-state index < -0.39 is 0 Å². The molecule has 0 aliphatic carbocycles. The molecule has 1 aromatic carbocycles. The van der Waals surface area contributed by atoms with Gasteiger partial charge in [0.25, 0.3) is 0 Å². The summed E-state index contributed by atoms with van der Waals surface area (Å²) in [6.45, 7) is 3.88. The van der Waals surface area contributed by atoms with Gasteiger partial charge in [-0.2, -0.15) is 5.10 Å². The molecule has 2 rings (SSSR count). The third-order valence-electron chi connectivity index (χ3n) is 2.97. The first-order chi connectivity index (χ1) is 9.33. The molecule has 0 radical (unpaired) electrons. The van der Waals surface area contributed by atoms with Crippen molar-refractivity contribution < 1.29 is 4.74 Å². The number of rotatable bonds is 7. The fraction of sp³-hybridized carbons (Fsp3) is 0.429.